The van der Waals surface area contributed by atoms with Gasteiger partial charge in [-0.2, -0.15) is 0 Å². The number of anilines is 2. The third-order valence-electron chi connectivity index (χ3n) is 4.91. The second kappa shape index (κ2) is 8.18. The second-order valence-electron chi connectivity index (χ2n) is 6.88. The van der Waals surface area contributed by atoms with Gasteiger partial charge in [0.2, 0.25) is 0 Å². The molecule has 4 heterocycles. The van der Waals surface area contributed by atoms with Gasteiger partial charge in [0.25, 0.3) is 0 Å². The Morgan fingerprint density at radius 3 is 2.74 bits per heavy atom. The second-order valence-corrected chi connectivity index (χ2v) is 6.88. The fraction of sp³-hybridized carbons (Fsp3) is 0.350. The van der Waals surface area contributed by atoms with Gasteiger partial charge < -0.3 is 5.32 Å². The van der Waals surface area contributed by atoms with Crippen molar-refractivity contribution in [3.63, 3.8) is 0 Å². The summed E-state index contributed by atoms with van der Waals surface area (Å²) in [6, 6.07) is 4.11. The lowest BCUT2D eigenvalue weighted by molar-refractivity contribution is 0.196. The molecule has 0 aliphatic carbocycles. The highest BCUT2D eigenvalue weighted by Gasteiger charge is 2.23. The highest BCUT2D eigenvalue weighted by molar-refractivity contribution is 5.48. The molecular weight excluding hydrogens is 338 g/mol. The lowest BCUT2D eigenvalue weighted by Crippen LogP contribution is -2.34. The topological polar surface area (TPSA) is 79.7 Å². The van der Waals surface area contributed by atoms with Crippen LogP contribution < -0.4 is 5.32 Å². The minimum atomic E-state index is 0.404. The molecule has 0 bridgehead atoms. The number of piperidine rings is 1. The van der Waals surface area contributed by atoms with Gasteiger partial charge in [0.1, 0.15) is 11.6 Å². The normalized spacial score (nSPS) is 17.6. The molecule has 27 heavy (non-hydrogen) atoms. The molecule has 1 atom stereocenters. The SMILES string of the molecule is Cc1cccnc1CN1CCCC(c2cnc(Nc3cnccn3)cn2)C1. The molecule has 7 nitrogen and oxygen atoms in total. The van der Waals surface area contributed by atoms with E-state index in [0.29, 0.717) is 17.6 Å². The molecule has 1 N–H and O–H groups in total. The Kier molecular flexibility index (Phi) is 5.29. The van der Waals surface area contributed by atoms with Crippen LogP contribution in [0.1, 0.15) is 35.7 Å². The monoisotopic (exact) mass is 361 g/mol. The van der Waals surface area contributed by atoms with Crippen LogP contribution in [0.15, 0.2) is 49.3 Å². The first-order valence-corrected chi connectivity index (χ1v) is 9.26. The molecule has 1 unspecified atom stereocenters. The van der Waals surface area contributed by atoms with Crippen molar-refractivity contribution in [2.45, 2.75) is 32.2 Å². The van der Waals surface area contributed by atoms with Gasteiger partial charge in [0, 0.05) is 37.6 Å². The van der Waals surface area contributed by atoms with Crippen LogP contribution in [0.25, 0.3) is 0 Å². The zero-order valence-electron chi connectivity index (χ0n) is 15.4. The molecule has 3 aromatic rings. The number of aryl methyl sites for hydroxylation is 1. The lowest BCUT2D eigenvalue weighted by Gasteiger charge is -2.32. The van der Waals surface area contributed by atoms with Crippen molar-refractivity contribution in [3.8, 4) is 0 Å². The Hall–Kier alpha value is -2.93. The maximum Gasteiger partial charge on any atom is 0.150 e. The standard InChI is InChI=1S/C20H23N7/c1-15-4-2-6-22-18(15)14-27-9-3-5-16(13-27)17-10-25-20(12-24-17)26-19-11-21-7-8-23-19/h2,4,6-8,10-12,16H,3,5,9,13-14H2,1H3,(H,23,25,26). The molecule has 0 spiro atoms. The quantitative estimate of drug-likeness (QED) is 0.748. The van der Waals surface area contributed by atoms with E-state index >= 15 is 0 Å². The molecule has 0 saturated carbocycles. The third kappa shape index (κ3) is 4.43. The zero-order valence-corrected chi connectivity index (χ0v) is 15.4. The van der Waals surface area contributed by atoms with Crippen molar-refractivity contribution >= 4 is 11.6 Å². The van der Waals surface area contributed by atoms with E-state index in [1.54, 1.807) is 24.8 Å². The zero-order chi connectivity index (χ0) is 18.5. The number of hydrogen-bond acceptors (Lipinski definition) is 7. The van der Waals surface area contributed by atoms with Gasteiger partial charge in [-0.05, 0) is 37.9 Å². The van der Waals surface area contributed by atoms with E-state index in [2.05, 4.69) is 48.1 Å². The fourth-order valence-corrected chi connectivity index (χ4v) is 3.44. The highest BCUT2D eigenvalue weighted by atomic mass is 15.1. The van der Waals surface area contributed by atoms with Gasteiger partial charge >= 0.3 is 0 Å². The molecule has 1 saturated heterocycles. The summed E-state index contributed by atoms with van der Waals surface area (Å²) in [4.78, 5) is 24.4. The summed E-state index contributed by atoms with van der Waals surface area (Å²) >= 11 is 0. The number of nitrogens with zero attached hydrogens (tertiary/aromatic N) is 6. The Labute approximate surface area is 159 Å². The van der Waals surface area contributed by atoms with E-state index in [-0.39, 0.29) is 0 Å². The van der Waals surface area contributed by atoms with Gasteiger partial charge in [0.05, 0.1) is 30.0 Å². The van der Waals surface area contributed by atoms with E-state index in [9.17, 15) is 0 Å². The van der Waals surface area contributed by atoms with Gasteiger partial charge in [-0.3, -0.25) is 19.9 Å². The maximum absolute atomic E-state index is 4.64. The Morgan fingerprint density at radius 1 is 1.04 bits per heavy atom. The molecule has 0 amide bonds. The molecular formula is C20H23N7. The summed E-state index contributed by atoms with van der Waals surface area (Å²) in [5.74, 6) is 1.74. The number of nitrogens with one attached hydrogen (secondary N) is 1. The smallest absolute Gasteiger partial charge is 0.150 e. The Bertz CT molecular complexity index is 867. The van der Waals surface area contributed by atoms with Crippen molar-refractivity contribution in [3.05, 3.63) is 66.3 Å². The molecule has 4 rings (SSSR count). The van der Waals surface area contributed by atoms with Crippen LogP contribution in [0.2, 0.25) is 0 Å². The van der Waals surface area contributed by atoms with E-state index in [4.69, 9.17) is 0 Å². The van der Waals surface area contributed by atoms with Gasteiger partial charge in [-0.1, -0.05) is 6.07 Å². The largest absolute Gasteiger partial charge is 0.322 e. The average Bonchev–Trinajstić information content (AvgIpc) is 2.71. The number of hydrogen-bond donors (Lipinski definition) is 1. The summed E-state index contributed by atoms with van der Waals surface area (Å²) in [6.07, 6.45) is 12.8. The number of aromatic nitrogens is 5. The van der Waals surface area contributed by atoms with Crippen LogP contribution in [0.3, 0.4) is 0 Å². The fourth-order valence-electron chi connectivity index (χ4n) is 3.44. The molecule has 1 aliphatic heterocycles. The van der Waals surface area contributed by atoms with Crippen molar-refractivity contribution in [2.24, 2.45) is 0 Å². The van der Waals surface area contributed by atoms with Crippen LogP contribution in [0, 0.1) is 6.92 Å². The number of likely N-dealkylation sites (tertiary alicyclic amines) is 1. The van der Waals surface area contributed by atoms with Gasteiger partial charge in [0.15, 0.2) is 0 Å². The summed E-state index contributed by atoms with van der Waals surface area (Å²) < 4.78 is 0. The van der Waals surface area contributed by atoms with Crippen molar-refractivity contribution < 1.29 is 0 Å². The van der Waals surface area contributed by atoms with Crippen LogP contribution in [0.4, 0.5) is 11.6 Å². The molecule has 1 aliphatic rings. The minimum absolute atomic E-state index is 0.404. The molecule has 0 radical (unpaired) electrons. The third-order valence-corrected chi connectivity index (χ3v) is 4.91. The maximum atomic E-state index is 4.64. The Morgan fingerprint density at radius 2 is 1.96 bits per heavy atom. The summed E-state index contributed by atoms with van der Waals surface area (Å²) in [5, 5.41) is 3.12. The van der Waals surface area contributed by atoms with E-state index < -0.39 is 0 Å². The summed E-state index contributed by atoms with van der Waals surface area (Å²) in [6.45, 7) is 5.11. The highest BCUT2D eigenvalue weighted by Crippen LogP contribution is 2.26. The van der Waals surface area contributed by atoms with Crippen molar-refractivity contribution in [2.75, 3.05) is 18.4 Å². The van der Waals surface area contributed by atoms with E-state index in [1.807, 2.05) is 18.5 Å². The lowest BCUT2D eigenvalue weighted by atomic mass is 9.95. The summed E-state index contributed by atoms with van der Waals surface area (Å²) in [5.41, 5.74) is 3.45. The Balaban J connectivity index is 1.40. The van der Waals surface area contributed by atoms with Crippen LogP contribution in [-0.2, 0) is 6.54 Å². The predicted octanol–water partition coefficient (Wildman–Crippen LogP) is 3.09. The first-order valence-electron chi connectivity index (χ1n) is 9.26. The van der Waals surface area contributed by atoms with Crippen LogP contribution >= 0.6 is 0 Å². The minimum Gasteiger partial charge on any atom is -0.322 e. The molecule has 3 aromatic heterocycles. The van der Waals surface area contributed by atoms with Crippen molar-refractivity contribution in [1.29, 1.82) is 0 Å². The van der Waals surface area contributed by atoms with E-state index in [1.165, 1.54) is 5.56 Å². The number of rotatable bonds is 5. The molecule has 7 heteroatoms. The first kappa shape index (κ1) is 17.5. The number of pyridine rings is 1. The van der Waals surface area contributed by atoms with Gasteiger partial charge in [-0.15, -0.1) is 0 Å². The van der Waals surface area contributed by atoms with E-state index in [0.717, 1.165) is 43.9 Å². The summed E-state index contributed by atoms with van der Waals surface area (Å²) in [7, 11) is 0. The molecule has 138 valence electrons. The average molecular weight is 361 g/mol. The molecule has 0 aromatic carbocycles. The van der Waals surface area contributed by atoms with Crippen LogP contribution in [-0.4, -0.2) is 42.9 Å². The predicted molar refractivity (Wildman–Crippen MR) is 104 cm³/mol. The van der Waals surface area contributed by atoms with Crippen molar-refractivity contribution in [1.82, 2.24) is 29.8 Å². The first-order chi connectivity index (χ1) is 13.3. The molecule has 1 fully saturated rings. The van der Waals surface area contributed by atoms with Gasteiger partial charge in [-0.25, -0.2) is 9.97 Å². The van der Waals surface area contributed by atoms with Crippen LogP contribution in [0.5, 0.6) is 0 Å².